The van der Waals surface area contributed by atoms with Gasteiger partial charge in [0.1, 0.15) is 5.82 Å². The molecule has 0 aliphatic carbocycles. The van der Waals surface area contributed by atoms with Crippen LogP contribution in [0.1, 0.15) is 5.82 Å². The van der Waals surface area contributed by atoms with Gasteiger partial charge in [-0.25, -0.2) is 4.98 Å². The molecule has 1 aromatic carbocycles. The number of benzene rings is 1. The van der Waals surface area contributed by atoms with Gasteiger partial charge in [0.15, 0.2) is 0 Å². The fraction of sp³-hybridized carbons (Fsp3) is 0.100. The summed E-state index contributed by atoms with van der Waals surface area (Å²) in [6.45, 7) is 0.691. The first kappa shape index (κ1) is 8.62. The van der Waals surface area contributed by atoms with Crippen LogP contribution in [0.3, 0.4) is 0 Å². The van der Waals surface area contributed by atoms with Crippen molar-refractivity contribution in [3.8, 4) is 0 Å². The molecule has 0 atom stereocenters. The number of hydrogen-bond donors (Lipinski definition) is 3. The summed E-state index contributed by atoms with van der Waals surface area (Å²) < 4.78 is 0. The smallest absolute Gasteiger partial charge is 0.125 e. The minimum atomic E-state index is 0.691. The van der Waals surface area contributed by atoms with E-state index in [1.54, 1.807) is 12.4 Å². The molecule has 0 saturated carbocycles. The maximum absolute atomic E-state index is 5.57. The Kier molecular flexibility index (Phi) is 2.36. The van der Waals surface area contributed by atoms with Crippen molar-refractivity contribution in [1.29, 1.82) is 0 Å². The molecule has 72 valence electrons. The maximum Gasteiger partial charge on any atom is 0.125 e. The summed E-state index contributed by atoms with van der Waals surface area (Å²) in [4.78, 5) is 7.13. The van der Waals surface area contributed by atoms with Crippen molar-refractivity contribution < 1.29 is 0 Å². The van der Waals surface area contributed by atoms with E-state index < -0.39 is 0 Å². The molecule has 0 saturated heterocycles. The van der Waals surface area contributed by atoms with Gasteiger partial charge in [0.2, 0.25) is 0 Å². The normalized spacial score (nSPS) is 10.0. The second-order valence-corrected chi connectivity index (χ2v) is 3.01. The van der Waals surface area contributed by atoms with Gasteiger partial charge >= 0.3 is 0 Å². The third kappa shape index (κ3) is 2.04. The second kappa shape index (κ2) is 3.83. The van der Waals surface area contributed by atoms with Crippen molar-refractivity contribution in [2.75, 3.05) is 11.1 Å². The Morgan fingerprint density at radius 3 is 2.71 bits per heavy atom. The lowest BCUT2D eigenvalue weighted by atomic mass is 10.3. The van der Waals surface area contributed by atoms with Crippen molar-refractivity contribution in [2.45, 2.75) is 6.54 Å². The Hall–Kier alpha value is -1.97. The average molecular weight is 188 g/mol. The van der Waals surface area contributed by atoms with E-state index in [0.717, 1.165) is 17.2 Å². The zero-order valence-electron chi connectivity index (χ0n) is 7.70. The minimum absolute atomic E-state index is 0.691. The van der Waals surface area contributed by atoms with E-state index in [0.29, 0.717) is 6.54 Å². The zero-order chi connectivity index (χ0) is 9.80. The molecular formula is C10H12N4. The summed E-state index contributed by atoms with van der Waals surface area (Å²) in [6.07, 6.45) is 3.54. The maximum atomic E-state index is 5.57. The molecule has 0 unspecified atom stereocenters. The molecule has 0 radical (unpaired) electrons. The van der Waals surface area contributed by atoms with Gasteiger partial charge in [-0.1, -0.05) is 0 Å². The van der Waals surface area contributed by atoms with Crippen LogP contribution in [-0.2, 0) is 6.54 Å². The lowest BCUT2D eigenvalue weighted by molar-refractivity contribution is 1.00. The number of H-pyrrole nitrogens is 1. The quantitative estimate of drug-likeness (QED) is 0.641. The van der Waals surface area contributed by atoms with Crippen LogP contribution in [0.25, 0.3) is 0 Å². The molecule has 0 aliphatic rings. The van der Waals surface area contributed by atoms with Crippen LogP contribution in [0.15, 0.2) is 36.7 Å². The summed E-state index contributed by atoms with van der Waals surface area (Å²) in [5, 5.41) is 3.22. The first-order valence-electron chi connectivity index (χ1n) is 4.42. The lowest BCUT2D eigenvalue weighted by Crippen LogP contribution is -2.00. The average Bonchev–Trinajstić information content (AvgIpc) is 2.70. The molecule has 0 fully saturated rings. The molecule has 14 heavy (non-hydrogen) atoms. The predicted molar refractivity (Wildman–Crippen MR) is 56.8 cm³/mol. The van der Waals surface area contributed by atoms with Crippen LogP contribution in [0.2, 0.25) is 0 Å². The molecule has 0 amide bonds. The minimum Gasteiger partial charge on any atom is -0.399 e. The first-order valence-corrected chi connectivity index (χ1v) is 4.42. The number of aromatic nitrogens is 2. The highest BCUT2D eigenvalue weighted by Gasteiger charge is 1.94. The third-order valence-corrected chi connectivity index (χ3v) is 1.93. The lowest BCUT2D eigenvalue weighted by Gasteiger charge is -2.03. The van der Waals surface area contributed by atoms with E-state index >= 15 is 0 Å². The monoisotopic (exact) mass is 188 g/mol. The molecule has 4 heteroatoms. The Morgan fingerprint density at radius 1 is 1.29 bits per heavy atom. The van der Waals surface area contributed by atoms with E-state index in [9.17, 15) is 0 Å². The SMILES string of the molecule is Nc1ccc(NCc2ncc[nH]2)cc1. The topological polar surface area (TPSA) is 66.7 Å². The third-order valence-electron chi connectivity index (χ3n) is 1.93. The van der Waals surface area contributed by atoms with Crippen LogP contribution in [0, 0.1) is 0 Å². The Morgan fingerprint density at radius 2 is 2.07 bits per heavy atom. The number of nitrogen functional groups attached to an aromatic ring is 1. The van der Waals surface area contributed by atoms with Gasteiger partial charge in [0.05, 0.1) is 6.54 Å². The molecule has 0 aliphatic heterocycles. The Labute approximate surface area is 82.2 Å². The van der Waals surface area contributed by atoms with Gasteiger partial charge < -0.3 is 16.0 Å². The highest BCUT2D eigenvalue weighted by Crippen LogP contribution is 2.10. The number of nitrogens with one attached hydrogen (secondary N) is 2. The highest BCUT2D eigenvalue weighted by molar-refractivity contribution is 5.51. The summed E-state index contributed by atoms with van der Waals surface area (Å²) in [6, 6.07) is 7.62. The molecule has 0 spiro atoms. The van der Waals surface area contributed by atoms with Gasteiger partial charge in [-0.3, -0.25) is 0 Å². The summed E-state index contributed by atoms with van der Waals surface area (Å²) in [7, 11) is 0. The van der Waals surface area contributed by atoms with Gasteiger partial charge in [-0.15, -0.1) is 0 Å². The molecule has 2 rings (SSSR count). The molecule has 1 aromatic heterocycles. The summed E-state index contributed by atoms with van der Waals surface area (Å²) >= 11 is 0. The molecule has 4 N–H and O–H groups in total. The fourth-order valence-corrected chi connectivity index (χ4v) is 1.18. The van der Waals surface area contributed by atoms with E-state index in [2.05, 4.69) is 15.3 Å². The molecule has 4 nitrogen and oxygen atoms in total. The predicted octanol–water partition coefficient (Wildman–Crippen LogP) is 1.60. The van der Waals surface area contributed by atoms with Crippen molar-refractivity contribution in [3.63, 3.8) is 0 Å². The van der Waals surface area contributed by atoms with Crippen LogP contribution >= 0.6 is 0 Å². The molecule has 2 aromatic rings. The standard InChI is InChI=1S/C10H12N4/c11-8-1-3-9(4-2-8)14-7-10-12-5-6-13-10/h1-6,14H,7,11H2,(H,12,13). The highest BCUT2D eigenvalue weighted by atomic mass is 15.0. The van der Waals surface area contributed by atoms with Crippen LogP contribution < -0.4 is 11.1 Å². The fourth-order valence-electron chi connectivity index (χ4n) is 1.18. The second-order valence-electron chi connectivity index (χ2n) is 3.01. The van der Waals surface area contributed by atoms with E-state index in [-0.39, 0.29) is 0 Å². The van der Waals surface area contributed by atoms with Crippen molar-refractivity contribution >= 4 is 11.4 Å². The molecular weight excluding hydrogens is 176 g/mol. The van der Waals surface area contributed by atoms with Gasteiger partial charge in [0.25, 0.3) is 0 Å². The number of anilines is 2. The Bertz CT molecular complexity index is 377. The summed E-state index contributed by atoms with van der Waals surface area (Å²) in [5.74, 6) is 0.918. The number of nitrogens with two attached hydrogens (primary N) is 1. The Balaban J connectivity index is 1.95. The molecule has 1 heterocycles. The first-order chi connectivity index (χ1) is 6.84. The van der Waals surface area contributed by atoms with Gasteiger partial charge in [0, 0.05) is 23.8 Å². The van der Waals surface area contributed by atoms with E-state index in [1.807, 2.05) is 24.3 Å². The van der Waals surface area contributed by atoms with Gasteiger partial charge in [-0.2, -0.15) is 0 Å². The van der Waals surface area contributed by atoms with Crippen LogP contribution in [0.5, 0.6) is 0 Å². The number of rotatable bonds is 3. The molecule has 0 bridgehead atoms. The van der Waals surface area contributed by atoms with Crippen LogP contribution in [0.4, 0.5) is 11.4 Å². The zero-order valence-corrected chi connectivity index (χ0v) is 7.70. The summed E-state index contributed by atoms with van der Waals surface area (Å²) in [5.41, 5.74) is 7.38. The number of aromatic amines is 1. The number of nitrogens with zero attached hydrogens (tertiary/aromatic N) is 1. The van der Waals surface area contributed by atoms with Crippen molar-refractivity contribution in [3.05, 3.63) is 42.5 Å². The van der Waals surface area contributed by atoms with E-state index in [4.69, 9.17) is 5.73 Å². The van der Waals surface area contributed by atoms with Crippen molar-refractivity contribution in [1.82, 2.24) is 9.97 Å². The van der Waals surface area contributed by atoms with Crippen molar-refractivity contribution in [2.24, 2.45) is 0 Å². The van der Waals surface area contributed by atoms with Gasteiger partial charge in [-0.05, 0) is 24.3 Å². The number of hydrogen-bond acceptors (Lipinski definition) is 3. The van der Waals surface area contributed by atoms with Crippen LogP contribution in [-0.4, -0.2) is 9.97 Å². The number of imidazole rings is 1. The largest absolute Gasteiger partial charge is 0.399 e. The van der Waals surface area contributed by atoms with E-state index in [1.165, 1.54) is 0 Å².